The Hall–Kier alpha value is -3.01. The Kier molecular flexibility index (Phi) is 4.86. The van der Waals surface area contributed by atoms with E-state index in [1.807, 2.05) is 4.98 Å². The van der Waals surface area contributed by atoms with Crippen LogP contribution in [0.2, 0.25) is 5.02 Å². The van der Waals surface area contributed by atoms with Gasteiger partial charge in [-0.05, 0) is 18.2 Å². The van der Waals surface area contributed by atoms with Gasteiger partial charge in [0.05, 0.1) is 16.3 Å². The van der Waals surface area contributed by atoms with Crippen LogP contribution in [0.15, 0.2) is 29.3 Å². The minimum atomic E-state index is -1.01. The minimum Gasteiger partial charge on any atom is -0.462 e. The van der Waals surface area contributed by atoms with Crippen LogP contribution in [0.1, 0.15) is 0 Å². The number of anilines is 1. The zero-order valence-corrected chi connectivity index (χ0v) is 12.0. The number of H-pyrrole nitrogens is 1. The number of nitro groups is 1. The lowest BCUT2D eigenvalue weighted by Gasteiger charge is -2.07. The van der Waals surface area contributed by atoms with Gasteiger partial charge in [-0.25, -0.2) is 4.39 Å². The van der Waals surface area contributed by atoms with Crippen LogP contribution >= 0.6 is 11.6 Å². The van der Waals surface area contributed by atoms with Gasteiger partial charge in [0.15, 0.2) is 6.61 Å². The summed E-state index contributed by atoms with van der Waals surface area (Å²) in [5, 5.41) is 12.9. The predicted octanol–water partition coefficient (Wildman–Crippen LogP) is 1.49. The first-order chi connectivity index (χ1) is 10.9. The maximum atomic E-state index is 13.0. The number of nitrogens with zero attached hydrogens (tertiary/aromatic N) is 2. The molecule has 0 radical (unpaired) electrons. The molecule has 0 saturated carbocycles. The number of hydrogen-bond acceptors (Lipinski definition) is 6. The molecular weight excluding hydrogens is 335 g/mol. The second-order valence-corrected chi connectivity index (χ2v) is 4.52. The van der Waals surface area contributed by atoms with E-state index in [9.17, 15) is 24.1 Å². The first-order valence-electron chi connectivity index (χ1n) is 5.98. The molecule has 0 aliphatic rings. The van der Waals surface area contributed by atoms with Crippen LogP contribution in [-0.2, 0) is 4.79 Å². The molecule has 2 aromatic rings. The van der Waals surface area contributed by atoms with E-state index in [4.69, 9.17) is 16.3 Å². The maximum Gasteiger partial charge on any atom is 0.395 e. The molecule has 1 heterocycles. The Balaban J connectivity index is 2.05. The van der Waals surface area contributed by atoms with E-state index in [-0.39, 0.29) is 10.7 Å². The molecule has 2 rings (SSSR count). The van der Waals surface area contributed by atoms with Gasteiger partial charge in [-0.15, -0.1) is 0 Å². The molecule has 0 bridgehead atoms. The van der Waals surface area contributed by atoms with Gasteiger partial charge in [0.25, 0.3) is 5.91 Å². The summed E-state index contributed by atoms with van der Waals surface area (Å²) in [6.45, 7) is -0.647. The predicted molar refractivity (Wildman–Crippen MR) is 77.0 cm³/mol. The van der Waals surface area contributed by atoms with Gasteiger partial charge in [-0.3, -0.25) is 19.7 Å². The van der Waals surface area contributed by atoms with Gasteiger partial charge in [-0.2, -0.15) is 4.98 Å². The molecule has 0 atom stereocenters. The summed E-state index contributed by atoms with van der Waals surface area (Å²) >= 11 is 5.56. The Morgan fingerprint density at radius 1 is 1.52 bits per heavy atom. The van der Waals surface area contributed by atoms with Gasteiger partial charge in [-0.1, -0.05) is 11.6 Å². The first-order valence-corrected chi connectivity index (χ1v) is 6.36. The van der Waals surface area contributed by atoms with Gasteiger partial charge in [0.2, 0.25) is 0 Å². The number of hydrogen-bond donors (Lipinski definition) is 2. The number of carbonyl (C=O) groups is 1. The molecule has 0 spiro atoms. The molecule has 0 unspecified atom stereocenters. The van der Waals surface area contributed by atoms with Crippen LogP contribution in [0.25, 0.3) is 0 Å². The zero-order valence-electron chi connectivity index (χ0n) is 11.2. The summed E-state index contributed by atoms with van der Waals surface area (Å²) in [7, 11) is 0. The molecule has 2 N–H and O–H groups in total. The summed E-state index contributed by atoms with van der Waals surface area (Å²) in [6, 6.07) is 3.51. The lowest BCUT2D eigenvalue weighted by Crippen LogP contribution is -2.22. The first kappa shape index (κ1) is 16.4. The van der Waals surface area contributed by atoms with Crippen molar-refractivity contribution in [3.05, 3.63) is 55.8 Å². The van der Waals surface area contributed by atoms with E-state index in [0.717, 1.165) is 12.4 Å². The van der Waals surface area contributed by atoms with E-state index >= 15 is 0 Å². The molecule has 0 fully saturated rings. The van der Waals surface area contributed by atoms with Gasteiger partial charge in [0, 0.05) is 5.69 Å². The topological polar surface area (TPSA) is 127 Å². The molecule has 120 valence electrons. The third-order valence-corrected chi connectivity index (χ3v) is 2.81. The van der Waals surface area contributed by atoms with Crippen LogP contribution in [0.3, 0.4) is 0 Å². The standard InChI is InChI=1S/C12H8ClFN4O5/c13-7-3-6(1-2-8(7)14)17-9(19)4-23-12-10(18(21)22)11(20)15-5-16-12/h1-3,5H,4H2,(H,17,19)(H,15,16,20). The Bertz CT molecular complexity index is 825. The van der Waals surface area contributed by atoms with E-state index < -0.39 is 40.4 Å². The number of nitrogens with one attached hydrogen (secondary N) is 2. The average Bonchev–Trinajstić information content (AvgIpc) is 2.48. The van der Waals surface area contributed by atoms with Crippen LogP contribution in [0.4, 0.5) is 15.8 Å². The van der Waals surface area contributed by atoms with E-state index in [1.165, 1.54) is 12.1 Å². The minimum absolute atomic E-state index is 0.185. The molecule has 9 nitrogen and oxygen atoms in total. The van der Waals surface area contributed by atoms with Crippen LogP contribution in [0, 0.1) is 15.9 Å². The van der Waals surface area contributed by atoms with E-state index in [2.05, 4.69) is 10.3 Å². The molecule has 0 aliphatic carbocycles. The van der Waals surface area contributed by atoms with E-state index in [0.29, 0.717) is 0 Å². The second-order valence-electron chi connectivity index (χ2n) is 4.11. The average molecular weight is 343 g/mol. The lowest BCUT2D eigenvalue weighted by atomic mass is 10.3. The largest absolute Gasteiger partial charge is 0.462 e. The highest BCUT2D eigenvalue weighted by atomic mass is 35.5. The van der Waals surface area contributed by atoms with Crippen molar-refractivity contribution in [3.8, 4) is 5.88 Å². The molecule has 1 amide bonds. The number of rotatable bonds is 5. The Labute approximate surface area is 132 Å². The van der Waals surface area contributed by atoms with Crippen molar-refractivity contribution in [2.24, 2.45) is 0 Å². The van der Waals surface area contributed by atoms with Crippen LogP contribution in [0.5, 0.6) is 5.88 Å². The van der Waals surface area contributed by atoms with Crippen molar-refractivity contribution in [2.75, 3.05) is 11.9 Å². The fourth-order valence-corrected chi connectivity index (χ4v) is 1.73. The van der Waals surface area contributed by atoms with Gasteiger partial charge in [0.1, 0.15) is 5.82 Å². The Morgan fingerprint density at radius 3 is 2.91 bits per heavy atom. The highest BCUT2D eigenvalue weighted by molar-refractivity contribution is 6.31. The SMILES string of the molecule is O=C(COc1nc[nH]c(=O)c1[N+](=O)[O-])Nc1ccc(F)c(Cl)c1. The third-order valence-electron chi connectivity index (χ3n) is 2.52. The highest BCUT2D eigenvalue weighted by Gasteiger charge is 2.22. The molecule has 1 aromatic heterocycles. The van der Waals surface area contributed by atoms with Gasteiger partial charge < -0.3 is 15.0 Å². The molecule has 23 heavy (non-hydrogen) atoms. The number of aromatic amines is 1. The number of aromatic nitrogens is 2. The summed E-state index contributed by atoms with van der Waals surface area (Å²) in [5.74, 6) is -1.95. The number of ether oxygens (including phenoxy) is 1. The monoisotopic (exact) mass is 342 g/mol. The van der Waals surface area contributed by atoms with Crippen molar-refractivity contribution >= 4 is 28.9 Å². The van der Waals surface area contributed by atoms with Crippen molar-refractivity contribution in [1.29, 1.82) is 0 Å². The molecule has 1 aromatic carbocycles. The highest BCUT2D eigenvalue weighted by Crippen LogP contribution is 2.20. The number of carbonyl (C=O) groups excluding carboxylic acids is 1. The Morgan fingerprint density at radius 2 is 2.26 bits per heavy atom. The zero-order chi connectivity index (χ0) is 17.0. The fourth-order valence-electron chi connectivity index (χ4n) is 1.55. The molecule has 0 aliphatic heterocycles. The number of benzene rings is 1. The van der Waals surface area contributed by atoms with Crippen molar-refractivity contribution in [3.63, 3.8) is 0 Å². The number of amides is 1. The molecular formula is C12H8ClFN4O5. The van der Waals surface area contributed by atoms with Crippen molar-refractivity contribution in [2.45, 2.75) is 0 Å². The van der Waals surface area contributed by atoms with E-state index in [1.54, 1.807) is 0 Å². The number of halogens is 2. The lowest BCUT2D eigenvalue weighted by molar-refractivity contribution is -0.387. The smallest absolute Gasteiger partial charge is 0.395 e. The maximum absolute atomic E-state index is 13.0. The van der Waals surface area contributed by atoms with Gasteiger partial charge >= 0.3 is 17.1 Å². The van der Waals surface area contributed by atoms with Crippen molar-refractivity contribution in [1.82, 2.24) is 9.97 Å². The van der Waals surface area contributed by atoms with Crippen LogP contribution in [-0.4, -0.2) is 27.4 Å². The third kappa shape index (κ3) is 4.01. The summed E-state index contributed by atoms with van der Waals surface area (Å²) < 4.78 is 17.9. The quantitative estimate of drug-likeness (QED) is 0.626. The van der Waals surface area contributed by atoms with Crippen LogP contribution < -0.4 is 15.6 Å². The summed E-state index contributed by atoms with van der Waals surface area (Å²) in [5.41, 5.74) is -1.71. The fraction of sp³-hybridized carbons (Fsp3) is 0.0833. The molecule has 11 heteroatoms. The molecule has 0 saturated heterocycles. The normalized spacial score (nSPS) is 10.2. The second kappa shape index (κ2) is 6.83. The van der Waals surface area contributed by atoms with Crippen molar-refractivity contribution < 1.29 is 18.8 Å². The summed E-state index contributed by atoms with van der Waals surface area (Å²) in [6.07, 6.45) is 0.905. The summed E-state index contributed by atoms with van der Waals surface area (Å²) in [4.78, 5) is 38.3.